The summed E-state index contributed by atoms with van der Waals surface area (Å²) in [5.41, 5.74) is 2.28. The molecule has 0 bridgehead atoms. The molecule has 1 aliphatic rings. The van der Waals surface area contributed by atoms with E-state index in [-0.39, 0.29) is 0 Å². The van der Waals surface area contributed by atoms with Crippen LogP contribution in [0.2, 0.25) is 0 Å². The molecule has 1 N–H and O–H groups in total. The lowest BCUT2D eigenvalue weighted by Gasteiger charge is -2.26. The summed E-state index contributed by atoms with van der Waals surface area (Å²) in [7, 11) is 0. The van der Waals surface area contributed by atoms with E-state index in [0.717, 1.165) is 35.6 Å². The summed E-state index contributed by atoms with van der Waals surface area (Å²) in [6.45, 7) is 1.53. The number of nitrogens with zero attached hydrogens (tertiary/aromatic N) is 1. The minimum Gasteiger partial charge on any atom is -0.493 e. The van der Waals surface area contributed by atoms with E-state index >= 15 is 0 Å². The van der Waals surface area contributed by atoms with Crippen molar-refractivity contribution in [1.29, 1.82) is 0 Å². The molecule has 98 valence electrons. The topological polar surface area (TPSA) is 34.1 Å². The zero-order valence-electron chi connectivity index (χ0n) is 10.5. The van der Waals surface area contributed by atoms with Gasteiger partial charge in [-0.05, 0) is 34.1 Å². The maximum Gasteiger partial charge on any atom is 0.124 e. The van der Waals surface area contributed by atoms with Crippen molar-refractivity contribution in [2.24, 2.45) is 0 Å². The van der Waals surface area contributed by atoms with Gasteiger partial charge in [-0.2, -0.15) is 0 Å². The number of hydrogen-bond acceptors (Lipinski definition) is 3. The SMILES string of the molecule is Brc1cccc(CNC2CCOc3ccccc32)n1. The van der Waals surface area contributed by atoms with Crippen LogP contribution in [-0.4, -0.2) is 11.6 Å². The number of fused-ring (bicyclic) bond motifs is 1. The molecule has 1 aromatic carbocycles. The highest BCUT2D eigenvalue weighted by Crippen LogP contribution is 2.31. The van der Waals surface area contributed by atoms with Crippen molar-refractivity contribution >= 4 is 15.9 Å². The van der Waals surface area contributed by atoms with Gasteiger partial charge in [-0.15, -0.1) is 0 Å². The Labute approximate surface area is 121 Å². The molecule has 0 amide bonds. The third-order valence-corrected chi connectivity index (χ3v) is 3.70. The average molecular weight is 319 g/mol. The number of nitrogens with one attached hydrogen (secondary N) is 1. The van der Waals surface area contributed by atoms with Crippen molar-refractivity contribution in [2.75, 3.05) is 6.61 Å². The van der Waals surface area contributed by atoms with Crippen LogP contribution in [0.15, 0.2) is 47.1 Å². The van der Waals surface area contributed by atoms with Gasteiger partial charge in [-0.3, -0.25) is 0 Å². The Bertz CT molecular complexity index is 574. The highest BCUT2D eigenvalue weighted by Gasteiger charge is 2.20. The molecule has 3 nitrogen and oxygen atoms in total. The van der Waals surface area contributed by atoms with Crippen LogP contribution in [0.25, 0.3) is 0 Å². The number of halogens is 1. The van der Waals surface area contributed by atoms with E-state index in [9.17, 15) is 0 Å². The zero-order chi connectivity index (χ0) is 13.1. The molecule has 2 heterocycles. The number of para-hydroxylation sites is 1. The van der Waals surface area contributed by atoms with Crippen LogP contribution >= 0.6 is 15.9 Å². The normalized spacial score (nSPS) is 17.6. The van der Waals surface area contributed by atoms with Crippen LogP contribution in [0.5, 0.6) is 5.75 Å². The first-order chi connectivity index (χ1) is 9.33. The van der Waals surface area contributed by atoms with E-state index in [0.29, 0.717) is 6.04 Å². The Balaban J connectivity index is 1.71. The van der Waals surface area contributed by atoms with Crippen molar-refractivity contribution < 1.29 is 4.74 Å². The van der Waals surface area contributed by atoms with Crippen LogP contribution in [-0.2, 0) is 6.54 Å². The van der Waals surface area contributed by atoms with E-state index in [1.54, 1.807) is 0 Å². The number of aromatic nitrogens is 1. The van der Waals surface area contributed by atoms with E-state index in [1.807, 2.05) is 30.3 Å². The minimum absolute atomic E-state index is 0.339. The Kier molecular flexibility index (Phi) is 3.80. The molecule has 1 aromatic heterocycles. The van der Waals surface area contributed by atoms with Crippen LogP contribution in [0, 0.1) is 0 Å². The van der Waals surface area contributed by atoms with Crippen LogP contribution in [0.1, 0.15) is 23.7 Å². The van der Waals surface area contributed by atoms with Gasteiger partial charge < -0.3 is 10.1 Å². The molecule has 0 radical (unpaired) electrons. The molecule has 19 heavy (non-hydrogen) atoms. The zero-order valence-corrected chi connectivity index (χ0v) is 12.1. The number of pyridine rings is 1. The van der Waals surface area contributed by atoms with Gasteiger partial charge in [0.05, 0.1) is 12.3 Å². The van der Waals surface area contributed by atoms with Gasteiger partial charge in [-0.25, -0.2) is 4.98 Å². The molecule has 1 atom stereocenters. The predicted octanol–water partition coefficient (Wildman–Crippen LogP) is 3.46. The Hall–Kier alpha value is -1.39. The first kappa shape index (κ1) is 12.6. The third-order valence-electron chi connectivity index (χ3n) is 3.26. The highest BCUT2D eigenvalue weighted by atomic mass is 79.9. The van der Waals surface area contributed by atoms with Crippen molar-refractivity contribution in [3.05, 3.63) is 58.3 Å². The van der Waals surface area contributed by atoms with Crippen LogP contribution < -0.4 is 10.1 Å². The predicted molar refractivity (Wildman–Crippen MR) is 78.1 cm³/mol. The molecule has 0 saturated heterocycles. The molecule has 1 aliphatic heterocycles. The molecular formula is C15H15BrN2O. The molecule has 4 heteroatoms. The molecule has 1 unspecified atom stereocenters. The third kappa shape index (κ3) is 2.96. The quantitative estimate of drug-likeness (QED) is 0.880. The van der Waals surface area contributed by atoms with Gasteiger partial charge in [0.25, 0.3) is 0 Å². The van der Waals surface area contributed by atoms with Gasteiger partial charge in [0.15, 0.2) is 0 Å². The number of benzene rings is 1. The average Bonchev–Trinajstić information content (AvgIpc) is 2.45. The molecule has 0 aliphatic carbocycles. The fourth-order valence-electron chi connectivity index (χ4n) is 2.33. The second-order valence-electron chi connectivity index (χ2n) is 4.56. The van der Waals surface area contributed by atoms with Crippen molar-refractivity contribution in [3.8, 4) is 5.75 Å². The van der Waals surface area contributed by atoms with Gasteiger partial charge in [-0.1, -0.05) is 24.3 Å². The summed E-state index contributed by atoms with van der Waals surface area (Å²) < 4.78 is 6.54. The smallest absolute Gasteiger partial charge is 0.124 e. The fraction of sp³-hybridized carbons (Fsp3) is 0.267. The van der Waals surface area contributed by atoms with E-state index in [1.165, 1.54) is 5.56 Å². The first-order valence-electron chi connectivity index (χ1n) is 6.39. The Morgan fingerprint density at radius 2 is 2.11 bits per heavy atom. The number of hydrogen-bond donors (Lipinski definition) is 1. The molecular weight excluding hydrogens is 304 g/mol. The molecule has 0 fully saturated rings. The van der Waals surface area contributed by atoms with Crippen LogP contribution in [0.3, 0.4) is 0 Å². The fourth-order valence-corrected chi connectivity index (χ4v) is 2.71. The van der Waals surface area contributed by atoms with E-state index in [4.69, 9.17) is 4.74 Å². The lowest BCUT2D eigenvalue weighted by molar-refractivity contribution is 0.252. The second kappa shape index (κ2) is 5.72. The standard InChI is InChI=1S/C15H15BrN2O/c16-15-7-3-4-11(18-15)10-17-13-8-9-19-14-6-2-1-5-12(13)14/h1-7,13,17H,8-10H2. The van der Waals surface area contributed by atoms with Gasteiger partial charge in [0.2, 0.25) is 0 Å². The molecule has 2 aromatic rings. The van der Waals surface area contributed by atoms with Gasteiger partial charge in [0, 0.05) is 24.6 Å². The Morgan fingerprint density at radius 1 is 1.21 bits per heavy atom. The summed E-state index contributed by atoms with van der Waals surface area (Å²) in [4.78, 5) is 4.44. The molecule has 3 rings (SSSR count). The second-order valence-corrected chi connectivity index (χ2v) is 5.37. The van der Waals surface area contributed by atoms with Crippen molar-refractivity contribution in [3.63, 3.8) is 0 Å². The maximum absolute atomic E-state index is 5.66. The largest absolute Gasteiger partial charge is 0.493 e. The number of rotatable bonds is 3. The summed E-state index contributed by atoms with van der Waals surface area (Å²) in [6.07, 6.45) is 0.991. The maximum atomic E-state index is 5.66. The summed E-state index contributed by atoms with van der Waals surface area (Å²) in [6, 6.07) is 14.5. The summed E-state index contributed by atoms with van der Waals surface area (Å²) >= 11 is 3.40. The van der Waals surface area contributed by atoms with Crippen LogP contribution in [0.4, 0.5) is 0 Å². The van der Waals surface area contributed by atoms with Crippen molar-refractivity contribution in [2.45, 2.75) is 19.0 Å². The van der Waals surface area contributed by atoms with Crippen molar-refractivity contribution in [1.82, 2.24) is 10.3 Å². The van der Waals surface area contributed by atoms with E-state index < -0.39 is 0 Å². The minimum atomic E-state index is 0.339. The van der Waals surface area contributed by atoms with E-state index in [2.05, 4.69) is 38.4 Å². The summed E-state index contributed by atoms with van der Waals surface area (Å²) in [5.74, 6) is 0.994. The van der Waals surface area contributed by atoms with Gasteiger partial charge >= 0.3 is 0 Å². The molecule has 0 spiro atoms. The highest BCUT2D eigenvalue weighted by molar-refractivity contribution is 9.10. The lowest BCUT2D eigenvalue weighted by Crippen LogP contribution is -2.27. The lowest BCUT2D eigenvalue weighted by atomic mass is 10.0. The number of ether oxygens (including phenoxy) is 1. The first-order valence-corrected chi connectivity index (χ1v) is 7.19. The summed E-state index contributed by atoms with van der Waals surface area (Å²) in [5, 5.41) is 3.56. The van der Waals surface area contributed by atoms with Gasteiger partial charge in [0.1, 0.15) is 10.4 Å². The monoisotopic (exact) mass is 318 g/mol. The molecule has 0 saturated carbocycles. The Morgan fingerprint density at radius 3 is 3.00 bits per heavy atom.